The van der Waals surface area contributed by atoms with Gasteiger partial charge in [-0.05, 0) is 24.9 Å². The molecule has 0 unspecified atom stereocenters. The molecule has 0 aromatic heterocycles. The van der Waals surface area contributed by atoms with Crippen molar-refractivity contribution in [3.05, 3.63) is 46.3 Å². The number of benzene rings is 1. The third-order valence-corrected chi connectivity index (χ3v) is 4.22. The molecule has 0 radical (unpaired) electrons. The molecule has 2 saturated heterocycles. The first-order chi connectivity index (χ1) is 11.9. The van der Waals surface area contributed by atoms with Gasteiger partial charge in [0.1, 0.15) is 18.3 Å². The summed E-state index contributed by atoms with van der Waals surface area (Å²) in [5.74, 6) is -1.03. The van der Waals surface area contributed by atoms with Gasteiger partial charge >= 0.3 is 0 Å². The molecule has 2 N–H and O–H groups in total. The Morgan fingerprint density at radius 2 is 2.00 bits per heavy atom. The van der Waals surface area contributed by atoms with Gasteiger partial charge in [-0.2, -0.15) is 0 Å². The van der Waals surface area contributed by atoms with E-state index in [-0.39, 0.29) is 6.61 Å². The van der Waals surface area contributed by atoms with Crippen molar-refractivity contribution in [1.82, 2.24) is 0 Å². The summed E-state index contributed by atoms with van der Waals surface area (Å²) in [4.78, 5) is 2.66. The zero-order valence-electron chi connectivity index (χ0n) is 14.0. The van der Waals surface area contributed by atoms with Gasteiger partial charge in [0.15, 0.2) is 12.1 Å². The summed E-state index contributed by atoms with van der Waals surface area (Å²) in [5, 5.41) is 23.8. The second kappa shape index (κ2) is 6.89. The fraction of sp³-hybridized carbons (Fsp3) is 0.625. The largest absolute Gasteiger partial charge is 0.394 e. The lowest BCUT2D eigenvalue weighted by Crippen LogP contribution is -2.65. The van der Waals surface area contributed by atoms with E-state index in [0.29, 0.717) is 0 Å². The zero-order valence-corrected chi connectivity index (χ0v) is 14.0. The fourth-order valence-corrected chi connectivity index (χ4v) is 3.10. The maximum absolute atomic E-state index is 10.8. The van der Waals surface area contributed by atoms with Gasteiger partial charge in [0.2, 0.25) is 5.72 Å². The summed E-state index contributed by atoms with van der Waals surface area (Å²) in [7, 11) is 0. The highest BCUT2D eigenvalue weighted by molar-refractivity contribution is 5.13. The molecule has 0 spiro atoms. The van der Waals surface area contributed by atoms with Gasteiger partial charge in [-0.1, -0.05) is 35.4 Å². The van der Waals surface area contributed by atoms with Crippen molar-refractivity contribution in [2.45, 2.75) is 56.6 Å². The number of azide groups is 1. The highest BCUT2D eigenvalue weighted by Crippen LogP contribution is 2.43. The second-order valence-corrected chi connectivity index (χ2v) is 6.47. The summed E-state index contributed by atoms with van der Waals surface area (Å²) >= 11 is 0. The Hall–Kier alpha value is -1.71. The van der Waals surface area contributed by atoms with E-state index in [1.165, 1.54) is 0 Å². The van der Waals surface area contributed by atoms with Crippen LogP contribution in [0.15, 0.2) is 35.4 Å². The third kappa shape index (κ3) is 3.49. The van der Waals surface area contributed by atoms with Gasteiger partial charge in [0.25, 0.3) is 0 Å². The van der Waals surface area contributed by atoms with Crippen LogP contribution in [-0.4, -0.2) is 52.9 Å². The molecule has 136 valence electrons. The molecule has 3 rings (SSSR count). The van der Waals surface area contributed by atoms with Gasteiger partial charge < -0.3 is 29.2 Å². The van der Waals surface area contributed by atoms with E-state index in [2.05, 4.69) is 10.0 Å². The Balaban J connectivity index is 1.84. The van der Waals surface area contributed by atoms with Gasteiger partial charge in [-0.3, -0.25) is 0 Å². The molecular formula is C16H21N3O6. The Labute approximate surface area is 144 Å². The van der Waals surface area contributed by atoms with Crippen LogP contribution in [0.5, 0.6) is 0 Å². The molecule has 1 aromatic rings. The van der Waals surface area contributed by atoms with Crippen molar-refractivity contribution in [3.8, 4) is 0 Å². The first-order valence-electron chi connectivity index (χ1n) is 7.96. The molecule has 9 heteroatoms. The SMILES string of the molecule is CC1(C)O[C@@H]2[C@@H](OCc3ccccc3)O[C@H](CO)[C@](O)(N=[N+]=[N-])[C@@H]2O1. The average Bonchev–Trinajstić information content (AvgIpc) is 2.92. The highest BCUT2D eigenvalue weighted by Gasteiger charge is 2.62. The van der Waals surface area contributed by atoms with Crippen molar-refractivity contribution in [3.63, 3.8) is 0 Å². The van der Waals surface area contributed by atoms with Gasteiger partial charge in [0.05, 0.1) is 13.2 Å². The van der Waals surface area contributed by atoms with Crippen LogP contribution in [0.2, 0.25) is 0 Å². The lowest BCUT2D eigenvalue weighted by atomic mass is 9.93. The van der Waals surface area contributed by atoms with E-state index in [4.69, 9.17) is 24.5 Å². The molecular weight excluding hydrogens is 330 g/mol. The monoisotopic (exact) mass is 351 g/mol. The number of aliphatic hydroxyl groups is 2. The van der Waals surface area contributed by atoms with Crippen LogP contribution in [0.3, 0.4) is 0 Å². The molecule has 1 aromatic carbocycles. The predicted molar refractivity (Wildman–Crippen MR) is 84.9 cm³/mol. The first kappa shape index (κ1) is 18.1. The van der Waals surface area contributed by atoms with Crippen LogP contribution in [0.4, 0.5) is 0 Å². The van der Waals surface area contributed by atoms with Crippen molar-refractivity contribution < 1.29 is 29.2 Å². The molecule has 0 aliphatic carbocycles. The topological polar surface area (TPSA) is 126 Å². The van der Waals surface area contributed by atoms with E-state index in [1.54, 1.807) is 13.8 Å². The Bertz CT molecular complexity index is 651. The number of aliphatic hydroxyl groups excluding tert-OH is 1. The van der Waals surface area contributed by atoms with E-state index >= 15 is 0 Å². The minimum Gasteiger partial charge on any atom is -0.394 e. The third-order valence-electron chi connectivity index (χ3n) is 4.22. The Morgan fingerprint density at radius 3 is 2.64 bits per heavy atom. The van der Waals surface area contributed by atoms with Crippen LogP contribution >= 0.6 is 0 Å². The van der Waals surface area contributed by atoms with Crippen LogP contribution in [0.1, 0.15) is 19.4 Å². The van der Waals surface area contributed by atoms with Crippen LogP contribution in [-0.2, 0) is 25.6 Å². The highest BCUT2D eigenvalue weighted by atomic mass is 16.8. The molecule has 5 atom stereocenters. The quantitative estimate of drug-likeness (QED) is 0.469. The number of rotatable bonds is 5. The fourth-order valence-electron chi connectivity index (χ4n) is 3.10. The molecule has 2 fully saturated rings. The number of hydrogen-bond acceptors (Lipinski definition) is 7. The van der Waals surface area contributed by atoms with Crippen LogP contribution in [0.25, 0.3) is 10.4 Å². The van der Waals surface area contributed by atoms with E-state index < -0.39 is 42.7 Å². The molecule has 2 aliphatic heterocycles. The molecule has 25 heavy (non-hydrogen) atoms. The number of ether oxygens (including phenoxy) is 4. The maximum Gasteiger partial charge on any atom is 0.201 e. The summed E-state index contributed by atoms with van der Waals surface area (Å²) in [6.07, 6.45) is -3.97. The van der Waals surface area contributed by atoms with Crippen LogP contribution < -0.4 is 0 Å². The molecule has 0 amide bonds. The lowest BCUT2D eigenvalue weighted by molar-refractivity contribution is -0.310. The van der Waals surface area contributed by atoms with Crippen LogP contribution in [0, 0.1) is 0 Å². The zero-order chi connectivity index (χ0) is 18.1. The Morgan fingerprint density at radius 1 is 1.28 bits per heavy atom. The maximum atomic E-state index is 10.8. The predicted octanol–water partition coefficient (Wildman–Crippen LogP) is 1.44. The van der Waals surface area contributed by atoms with Crippen molar-refractivity contribution in [2.24, 2.45) is 5.11 Å². The van der Waals surface area contributed by atoms with E-state index in [1.807, 2.05) is 30.3 Å². The molecule has 2 heterocycles. The smallest absolute Gasteiger partial charge is 0.201 e. The van der Waals surface area contributed by atoms with E-state index in [9.17, 15) is 10.2 Å². The van der Waals surface area contributed by atoms with Crippen molar-refractivity contribution >= 4 is 0 Å². The lowest BCUT2D eigenvalue weighted by Gasteiger charge is -2.44. The standard InChI is InChI=1S/C16H21N3O6/c1-15(2)24-12-13(25-15)16(21,18-19-17)11(8-20)23-14(12)22-9-10-6-4-3-5-7-10/h3-7,11-14,20-21H,8-9H2,1-2H3/t11-,12+,13-,14+,16-/m1/s1. The molecule has 9 nitrogen and oxygen atoms in total. The first-order valence-corrected chi connectivity index (χ1v) is 7.96. The van der Waals surface area contributed by atoms with Gasteiger partial charge in [0, 0.05) is 4.91 Å². The van der Waals surface area contributed by atoms with E-state index in [0.717, 1.165) is 5.56 Å². The summed E-state index contributed by atoms with van der Waals surface area (Å²) in [6, 6.07) is 9.47. The summed E-state index contributed by atoms with van der Waals surface area (Å²) in [6.45, 7) is 3.01. The average molecular weight is 351 g/mol. The molecule has 0 saturated carbocycles. The minimum absolute atomic E-state index is 0.247. The normalized spacial score (nSPS) is 36.5. The van der Waals surface area contributed by atoms with Crippen molar-refractivity contribution in [1.29, 1.82) is 0 Å². The van der Waals surface area contributed by atoms with Gasteiger partial charge in [-0.15, -0.1) is 0 Å². The number of fused-ring (bicyclic) bond motifs is 1. The number of nitrogens with zero attached hydrogens (tertiary/aromatic N) is 3. The Kier molecular flexibility index (Phi) is 4.99. The summed E-state index contributed by atoms with van der Waals surface area (Å²) < 4.78 is 23.0. The number of hydrogen-bond donors (Lipinski definition) is 2. The van der Waals surface area contributed by atoms with Crippen molar-refractivity contribution in [2.75, 3.05) is 6.61 Å². The second-order valence-electron chi connectivity index (χ2n) is 6.47. The minimum atomic E-state index is -2.10. The molecule has 0 bridgehead atoms. The molecule has 2 aliphatic rings. The van der Waals surface area contributed by atoms with Gasteiger partial charge in [-0.25, -0.2) is 0 Å². The summed E-state index contributed by atoms with van der Waals surface area (Å²) in [5.41, 5.74) is 7.62.